The molecule has 0 saturated heterocycles. The summed E-state index contributed by atoms with van der Waals surface area (Å²) in [4.78, 5) is 35.0. The maximum Gasteiger partial charge on any atom is 0.407 e. The van der Waals surface area contributed by atoms with Crippen molar-refractivity contribution in [1.82, 2.24) is 30.3 Å². The SMILES string of the molecule is COc1ccc([C@@H](Nc2nc(Nc3cnc(C)c(-n4nccn4)c3)c(C(N)=O)cc2F)[C@H](C)NC(=O)OC(C)(C)C)cc1. The molecule has 1 aromatic carbocycles. The van der Waals surface area contributed by atoms with E-state index in [9.17, 15) is 9.59 Å². The van der Waals surface area contributed by atoms with Crippen LogP contribution in [0.1, 0.15) is 55.4 Å². The Bertz CT molecular complexity index is 1590. The maximum absolute atomic E-state index is 15.5. The van der Waals surface area contributed by atoms with Gasteiger partial charge in [0.15, 0.2) is 11.6 Å². The fourth-order valence-electron chi connectivity index (χ4n) is 4.17. The van der Waals surface area contributed by atoms with Gasteiger partial charge in [-0.1, -0.05) is 12.1 Å². The van der Waals surface area contributed by atoms with Crippen molar-refractivity contribution in [1.29, 1.82) is 0 Å². The van der Waals surface area contributed by atoms with E-state index in [2.05, 4.69) is 36.1 Å². The van der Waals surface area contributed by atoms with Crippen molar-refractivity contribution in [2.45, 2.75) is 52.3 Å². The van der Waals surface area contributed by atoms with E-state index in [0.29, 0.717) is 28.4 Å². The number of carbonyl (C=O) groups is 2. The van der Waals surface area contributed by atoms with Crippen LogP contribution in [-0.4, -0.2) is 55.7 Å². The van der Waals surface area contributed by atoms with Gasteiger partial charge < -0.3 is 31.2 Å². The van der Waals surface area contributed by atoms with Gasteiger partial charge in [0.1, 0.15) is 22.9 Å². The molecule has 14 heteroatoms. The monoisotopic (exact) mass is 591 g/mol. The number of hydrogen-bond acceptors (Lipinski definition) is 10. The number of primary amides is 1. The van der Waals surface area contributed by atoms with Crippen molar-refractivity contribution in [2.24, 2.45) is 5.73 Å². The van der Waals surface area contributed by atoms with Crippen LogP contribution in [0.5, 0.6) is 5.75 Å². The zero-order valence-electron chi connectivity index (χ0n) is 24.7. The molecular formula is C29H34FN9O4. The van der Waals surface area contributed by atoms with Gasteiger partial charge in [0.25, 0.3) is 5.91 Å². The molecule has 2 atom stereocenters. The lowest BCUT2D eigenvalue weighted by atomic mass is 10.00. The number of alkyl carbamates (subject to hydrolysis) is 1. The van der Waals surface area contributed by atoms with Crippen molar-refractivity contribution >= 4 is 29.3 Å². The summed E-state index contributed by atoms with van der Waals surface area (Å²) >= 11 is 0. The average molecular weight is 592 g/mol. The normalized spacial score (nSPS) is 12.6. The minimum Gasteiger partial charge on any atom is -0.497 e. The molecule has 2 amide bonds. The number of carbonyl (C=O) groups excluding carboxylic acids is 2. The van der Waals surface area contributed by atoms with Gasteiger partial charge >= 0.3 is 6.09 Å². The van der Waals surface area contributed by atoms with E-state index in [4.69, 9.17) is 15.2 Å². The number of methoxy groups -OCH3 is 1. The smallest absolute Gasteiger partial charge is 0.407 e. The van der Waals surface area contributed by atoms with E-state index in [-0.39, 0.29) is 17.2 Å². The Kier molecular flexibility index (Phi) is 9.07. The van der Waals surface area contributed by atoms with Crippen LogP contribution in [0.4, 0.5) is 26.5 Å². The number of ether oxygens (including phenoxy) is 2. The summed E-state index contributed by atoms with van der Waals surface area (Å²) in [6, 6.07) is 8.45. The number of pyridine rings is 2. The molecule has 3 aromatic heterocycles. The van der Waals surface area contributed by atoms with Crippen molar-refractivity contribution < 1.29 is 23.5 Å². The molecule has 3 heterocycles. The Morgan fingerprint density at radius 1 is 1.07 bits per heavy atom. The van der Waals surface area contributed by atoms with Crippen LogP contribution in [0.3, 0.4) is 0 Å². The topological polar surface area (TPSA) is 171 Å². The molecule has 4 rings (SSSR count). The molecule has 0 aliphatic rings. The van der Waals surface area contributed by atoms with E-state index in [1.54, 1.807) is 72.1 Å². The molecule has 0 unspecified atom stereocenters. The number of aromatic nitrogens is 5. The number of aryl methyl sites for hydroxylation is 1. The number of halogens is 1. The molecule has 0 spiro atoms. The summed E-state index contributed by atoms with van der Waals surface area (Å²) in [6.45, 7) is 8.79. The van der Waals surface area contributed by atoms with Crippen molar-refractivity contribution in [3.8, 4) is 11.4 Å². The van der Waals surface area contributed by atoms with Gasteiger partial charge in [0.05, 0.1) is 54.7 Å². The Balaban J connectivity index is 1.70. The number of amides is 2. The number of hydrogen-bond donors (Lipinski definition) is 4. The van der Waals surface area contributed by atoms with Crippen LogP contribution in [0.15, 0.2) is 55.0 Å². The zero-order chi connectivity index (χ0) is 31.3. The first kappa shape index (κ1) is 30.7. The number of nitrogens with one attached hydrogen (secondary N) is 3. The molecule has 5 N–H and O–H groups in total. The summed E-state index contributed by atoms with van der Waals surface area (Å²) in [5.41, 5.74) is 7.03. The van der Waals surface area contributed by atoms with Gasteiger partial charge in [0.2, 0.25) is 0 Å². The highest BCUT2D eigenvalue weighted by Crippen LogP contribution is 2.29. The molecule has 0 aliphatic heterocycles. The van der Waals surface area contributed by atoms with Crippen molar-refractivity contribution in [2.75, 3.05) is 17.7 Å². The number of benzene rings is 1. The zero-order valence-corrected chi connectivity index (χ0v) is 24.7. The predicted octanol–water partition coefficient (Wildman–Crippen LogP) is 4.42. The first-order valence-corrected chi connectivity index (χ1v) is 13.4. The second-order valence-electron chi connectivity index (χ2n) is 10.7. The summed E-state index contributed by atoms with van der Waals surface area (Å²) in [6.07, 6.45) is 3.94. The van der Waals surface area contributed by atoms with Crippen LogP contribution in [0, 0.1) is 12.7 Å². The first-order chi connectivity index (χ1) is 20.3. The molecular weight excluding hydrogens is 557 g/mol. The van der Waals surface area contributed by atoms with Gasteiger partial charge in [0, 0.05) is 0 Å². The number of nitrogens with two attached hydrogens (primary N) is 1. The van der Waals surface area contributed by atoms with E-state index in [0.717, 1.165) is 6.07 Å². The van der Waals surface area contributed by atoms with Crippen LogP contribution in [0.2, 0.25) is 0 Å². The van der Waals surface area contributed by atoms with E-state index in [1.165, 1.54) is 23.4 Å². The van der Waals surface area contributed by atoms with E-state index >= 15 is 4.39 Å². The third-order valence-electron chi connectivity index (χ3n) is 6.21. The fraction of sp³-hybridized carbons (Fsp3) is 0.310. The molecule has 0 fully saturated rings. The average Bonchev–Trinajstić information content (AvgIpc) is 3.47. The number of nitrogens with zero attached hydrogens (tertiary/aromatic N) is 5. The molecule has 226 valence electrons. The highest BCUT2D eigenvalue weighted by atomic mass is 19.1. The largest absolute Gasteiger partial charge is 0.497 e. The van der Waals surface area contributed by atoms with Gasteiger partial charge in [-0.3, -0.25) is 9.78 Å². The summed E-state index contributed by atoms with van der Waals surface area (Å²) < 4.78 is 26.1. The second kappa shape index (κ2) is 12.7. The second-order valence-corrected chi connectivity index (χ2v) is 10.7. The van der Waals surface area contributed by atoms with E-state index in [1.807, 2.05) is 0 Å². The number of rotatable bonds is 10. The fourth-order valence-corrected chi connectivity index (χ4v) is 4.17. The van der Waals surface area contributed by atoms with Crippen LogP contribution >= 0.6 is 0 Å². The molecule has 13 nitrogen and oxygen atoms in total. The minimum absolute atomic E-state index is 0.0114. The Hall–Kier alpha value is -5.27. The molecule has 0 saturated carbocycles. The van der Waals surface area contributed by atoms with Gasteiger partial charge in [-0.25, -0.2) is 14.2 Å². The third kappa shape index (κ3) is 7.72. The summed E-state index contributed by atoms with van der Waals surface area (Å²) in [5.74, 6) is -1.30. The Morgan fingerprint density at radius 2 is 1.74 bits per heavy atom. The first-order valence-electron chi connectivity index (χ1n) is 13.4. The summed E-state index contributed by atoms with van der Waals surface area (Å²) in [5, 5.41) is 17.2. The minimum atomic E-state index is -0.888. The van der Waals surface area contributed by atoms with Crippen LogP contribution in [-0.2, 0) is 4.74 Å². The summed E-state index contributed by atoms with van der Waals surface area (Å²) in [7, 11) is 1.55. The Labute approximate surface area is 248 Å². The molecule has 0 radical (unpaired) electrons. The van der Waals surface area contributed by atoms with Crippen LogP contribution < -0.4 is 26.4 Å². The molecule has 0 aliphatic carbocycles. The maximum atomic E-state index is 15.5. The van der Waals surface area contributed by atoms with Crippen LogP contribution in [0.25, 0.3) is 5.69 Å². The lowest BCUT2D eigenvalue weighted by molar-refractivity contribution is 0.0503. The highest BCUT2D eigenvalue weighted by molar-refractivity contribution is 5.98. The molecule has 43 heavy (non-hydrogen) atoms. The Morgan fingerprint density at radius 3 is 2.35 bits per heavy atom. The molecule has 0 bridgehead atoms. The predicted molar refractivity (Wildman–Crippen MR) is 158 cm³/mol. The standard InChI is InChI=1S/C29H34FN9O4/c1-16-23(39-33-11-12-34-39)13-19(15-32-16)36-26-21(25(31)40)14-22(30)27(38-26)37-24(18-7-9-20(42-6)10-8-18)17(2)35-28(41)43-29(3,4)5/h7-15,17,24H,1-6H3,(H2,31,40)(H,35,41)(H2,36,37,38)/t17-,24-/m0/s1. The highest BCUT2D eigenvalue weighted by Gasteiger charge is 2.27. The lowest BCUT2D eigenvalue weighted by Gasteiger charge is -2.29. The van der Waals surface area contributed by atoms with Crippen molar-refractivity contribution in [3.63, 3.8) is 0 Å². The van der Waals surface area contributed by atoms with Crippen molar-refractivity contribution in [3.05, 3.63) is 77.6 Å². The lowest BCUT2D eigenvalue weighted by Crippen LogP contribution is -2.42. The van der Waals surface area contributed by atoms with E-state index < -0.39 is 35.5 Å². The molecule has 4 aromatic rings. The number of anilines is 3. The van der Waals surface area contributed by atoms with Gasteiger partial charge in [-0.05, 0) is 64.4 Å². The quantitative estimate of drug-likeness (QED) is 0.207. The van der Waals surface area contributed by atoms with Gasteiger partial charge in [-0.15, -0.1) is 4.80 Å². The third-order valence-corrected chi connectivity index (χ3v) is 6.21. The van der Waals surface area contributed by atoms with Gasteiger partial charge in [-0.2, -0.15) is 10.2 Å².